The zero-order chi connectivity index (χ0) is 10.5. The van der Waals surface area contributed by atoms with Crippen LogP contribution in [-0.2, 0) is 4.79 Å². The zero-order valence-corrected chi connectivity index (χ0v) is 9.43. The molecule has 86 valence electrons. The van der Waals surface area contributed by atoms with E-state index < -0.39 is 0 Å². The molecule has 15 heavy (non-hydrogen) atoms. The highest BCUT2D eigenvalue weighted by atomic mass is 16.2. The lowest BCUT2D eigenvalue weighted by Crippen LogP contribution is -2.47. The van der Waals surface area contributed by atoms with E-state index in [0.29, 0.717) is 0 Å². The number of piperidine rings is 1. The Bertz CT molecular complexity index is 208. The first-order chi connectivity index (χ1) is 7.36. The minimum atomic E-state index is 0.0835. The molecule has 0 radical (unpaired) electrons. The minimum absolute atomic E-state index is 0.0835. The fraction of sp³-hybridized carbons (Fsp3) is 0.917. The molecule has 2 N–H and O–H groups in total. The molecule has 1 heterocycles. The number of rotatable bonds is 4. The van der Waals surface area contributed by atoms with Crippen molar-refractivity contribution in [1.82, 2.24) is 10.6 Å². The maximum Gasteiger partial charge on any atom is 0.237 e. The lowest BCUT2D eigenvalue weighted by molar-refractivity contribution is -0.123. The molecule has 1 aliphatic heterocycles. The summed E-state index contributed by atoms with van der Waals surface area (Å²) >= 11 is 0. The van der Waals surface area contributed by atoms with Gasteiger partial charge in [0.1, 0.15) is 0 Å². The Morgan fingerprint density at radius 3 is 2.67 bits per heavy atom. The van der Waals surface area contributed by atoms with Crippen molar-refractivity contribution in [3.63, 3.8) is 0 Å². The van der Waals surface area contributed by atoms with Gasteiger partial charge in [-0.15, -0.1) is 0 Å². The highest BCUT2D eigenvalue weighted by Gasteiger charge is 2.21. The van der Waals surface area contributed by atoms with Gasteiger partial charge < -0.3 is 10.6 Å². The molecule has 2 fully saturated rings. The van der Waals surface area contributed by atoms with Gasteiger partial charge in [0.25, 0.3) is 0 Å². The Hall–Kier alpha value is -0.570. The van der Waals surface area contributed by atoms with Gasteiger partial charge >= 0.3 is 0 Å². The Morgan fingerprint density at radius 2 is 2.07 bits per heavy atom. The van der Waals surface area contributed by atoms with Crippen LogP contribution in [0.5, 0.6) is 0 Å². The quantitative estimate of drug-likeness (QED) is 0.737. The summed E-state index contributed by atoms with van der Waals surface area (Å²) in [5.74, 6) is 1.11. The van der Waals surface area contributed by atoms with E-state index in [4.69, 9.17) is 0 Å². The van der Waals surface area contributed by atoms with Crippen molar-refractivity contribution in [3.05, 3.63) is 0 Å². The summed E-state index contributed by atoms with van der Waals surface area (Å²) in [6.07, 6.45) is 8.73. The van der Waals surface area contributed by atoms with E-state index in [1.807, 2.05) is 0 Å². The molecule has 2 aliphatic rings. The first-order valence-corrected chi connectivity index (χ1v) is 6.37. The minimum Gasteiger partial charge on any atom is -0.355 e. The molecule has 1 saturated carbocycles. The molecule has 1 amide bonds. The molecule has 0 aromatic rings. The first-order valence-electron chi connectivity index (χ1n) is 6.37. The second-order valence-corrected chi connectivity index (χ2v) is 4.88. The highest BCUT2D eigenvalue weighted by molar-refractivity contribution is 5.81. The summed E-state index contributed by atoms with van der Waals surface area (Å²) in [6, 6.07) is 0.0835. The molecule has 3 nitrogen and oxygen atoms in total. The number of hydrogen-bond donors (Lipinski definition) is 2. The molecule has 0 unspecified atom stereocenters. The van der Waals surface area contributed by atoms with E-state index >= 15 is 0 Å². The molecular weight excluding hydrogens is 188 g/mol. The van der Waals surface area contributed by atoms with E-state index in [0.717, 1.165) is 25.4 Å². The van der Waals surface area contributed by atoms with E-state index in [1.165, 1.54) is 38.5 Å². The molecule has 0 aromatic heterocycles. The lowest BCUT2D eigenvalue weighted by Gasteiger charge is -2.26. The van der Waals surface area contributed by atoms with Crippen LogP contribution in [0.25, 0.3) is 0 Å². The fourth-order valence-electron chi connectivity index (χ4n) is 2.38. The molecule has 1 atom stereocenters. The van der Waals surface area contributed by atoms with Crippen molar-refractivity contribution in [2.75, 3.05) is 13.1 Å². The number of amides is 1. The molecule has 1 aliphatic carbocycles. The summed E-state index contributed by atoms with van der Waals surface area (Å²) in [5.41, 5.74) is 0. The smallest absolute Gasteiger partial charge is 0.237 e. The maximum absolute atomic E-state index is 11.7. The summed E-state index contributed by atoms with van der Waals surface area (Å²) in [4.78, 5) is 11.7. The van der Waals surface area contributed by atoms with Crippen LogP contribution in [0.15, 0.2) is 0 Å². The van der Waals surface area contributed by atoms with Gasteiger partial charge in [0.15, 0.2) is 0 Å². The van der Waals surface area contributed by atoms with Gasteiger partial charge in [-0.05, 0) is 31.7 Å². The van der Waals surface area contributed by atoms with Crippen molar-refractivity contribution in [1.29, 1.82) is 0 Å². The molecule has 0 spiro atoms. The number of nitrogens with one attached hydrogen (secondary N) is 2. The van der Waals surface area contributed by atoms with E-state index in [-0.39, 0.29) is 11.9 Å². The topological polar surface area (TPSA) is 41.1 Å². The van der Waals surface area contributed by atoms with Gasteiger partial charge in [-0.1, -0.05) is 25.7 Å². The van der Waals surface area contributed by atoms with Gasteiger partial charge in [-0.2, -0.15) is 0 Å². The Balaban J connectivity index is 1.58. The van der Waals surface area contributed by atoms with Crippen LogP contribution >= 0.6 is 0 Å². The van der Waals surface area contributed by atoms with Gasteiger partial charge in [-0.3, -0.25) is 4.79 Å². The van der Waals surface area contributed by atoms with Gasteiger partial charge in [0, 0.05) is 6.54 Å². The molecule has 3 heteroatoms. The van der Waals surface area contributed by atoms with Crippen LogP contribution in [0, 0.1) is 5.92 Å². The normalized spacial score (nSPS) is 27.1. The standard InChI is InChI=1S/C12H22N2O/c15-12(11-6-1-2-8-13-11)14-9-7-10-4-3-5-10/h10-11,13H,1-9H2,(H,14,15)/t11-/m0/s1. The van der Waals surface area contributed by atoms with Crippen LogP contribution in [0.3, 0.4) is 0 Å². The van der Waals surface area contributed by atoms with E-state index in [9.17, 15) is 4.79 Å². The summed E-state index contributed by atoms with van der Waals surface area (Å²) in [6.45, 7) is 1.88. The van der Waals surface area contributed by atoms with E-state index in [1.54, 1.807) is 0 Å². The van der Waals surface area contributed by atoms with Crippen molar-refractivity contribution in [2.24, 2.45) is 5.92 Å². The third-order valence-corrected chi connectivity index (χ3v) is 3.70. The molecule has 2 rings (SSSR count). The van der Waals surface area contributed by atoms with Gasteiger partial charge in [-0.25, -0.2) is 0 Å². The van der Waals surface area contributed by atoms with Gasteiger partial charge in [0.2, 0.25) is 5.91 Å². The van der Waals surface area contributed by atoms with Crippen molar-refractivity contribution in [3.8, 4) is 0 Å². The second-order valence-electron chi connectivity index (χ2n) is 4.88. The molecule has 1 saturated heterocycles. The zero-order valence-electron chi connectivity index (χ0n) is 9.43. The Kier molecular flexibility index (Phi) is 4.01. The SMILES string of the molecule is O=C(NCCC1CCC1)[C@@H]1CCCCN1. The van der Waals surface area contributed by atoms with Crippen molar-refractivity contribution < 1.29 is 4.79 Å². The predicted octanol–water partition coefficient (Wildman–Crippen LogP) is 1.43. The maximum atomic E-state index is 11.7. The van der Waals surface area contributed by atoms with E-state index in [2.05, 4.69) is 10.6 Å². The average Bonchev–Trinajstić information content (AvgIpc) is 2.23. The lowest BCUT2D eigenvalue weighted by atomic mass is 9.83. The summed E-state index contributed by atoms with van der Waals surface area (Å²) in [7, 11) is 0. The summed E-state index contributed by atoms with van der Waals surface area (Å²) < 4.78 is 0. The second kappa shape index (κ2) is 5.50. The Labute approximate surface area is 92.0 Å². The van der Waals surface area contributed by atoms with Crippen LogP contribution in [0.2, 0.25) is 0 Å². The third-order valence-electron chi connectivity index (χ3n) is 3.70. The predicted molar refractivity (Wildman–Crippen MR) is 60.6 cm³/mol. The third kappa shape index (κ3) is 3.20. The number of carbonyl (C=O) groups is 1. The molecule has 0 aromatic carbocycles. The number of hydrogen-bond acceptors (Lipinski definition) is 2. The van der Waals surface area contributed by atoms with Crippen LogP contribution < -0.4 is 10.6 Å². The average molecular weight is 210 g/mol. The van der Waals surface area contributed by atoms with Crippen LogP contribution in [-0.4, -0.2) is 25.0 Å². The Morgan fingerprint density at radius 1 is 1.20 bits per heavy atom. The number of carbonyl (C=O) groups excluding carboxylic acids is 1. The monoisotopic (exact) mass is 210 g/mol. The van der Waals surface area contributed by atoms with Crippen molar-refractivity contribution >= 4 is 5.91 Å². The summed E-state index contributed by atoms with van der Waals surface area (Å²) in [5, 5.41) is 6.32. The first kappa shape index (κ1) is 10.9. The molecule has 0 bridgehead atoms. The van der Waals surface area contributed by atoms with Crippen LogP contribution in [0.4, 0.5) is 0 Å². The van der Waals surface area contributed by atoms with Gasteiger partial charge in [0.05, 0.1) is 6.04 Å². The molecular formula is C12H22N2O. The van der Waals surface area contributed by atoms with Crippen LogP contribution in [0.1, 0.15) is 44.9 Å². The largest absolute Gasteiger partial charge is 0.355 e. The fourth-order valence-corrected chi connectivity index (χ4v) is 2.38. The van der Waals surface area contributed by atoms with Crippen molar-refractivity contribution in [2.45, 2.75) is 51.0 Å². The highest BCUT2D eigenvalue weighted by Crippen LogP contribution is 2.28.